The van der Waals surface area contributed by atoms with Crippen molar-refractivity contribution in [3.05, 3.63) is 28.9 Å². The quantitative estimate of drug-likeness (QED) is 0.616. The molecule has 0 spiro atoms. The molecular weight excluding hydrogens is 253 g/mol. The molecule has 0 aliphatic heterocycles. The van der Waals surface area contributed by atoms with Crippen molar-refractivity contribution in [1.29, 1.82) is 0 Å². The number of nitrogens with two attached hydrogens (primary N) is 1. The third kappa shape index (κ3) is 1.34. The van der Waals surface area contributed by atoms with Gasteiger partial charge in [0.05, 0.1) is 10.4 Å². The molecule has 0 atom stereocenters. The third-order valence-electron chi connectivity index (χ3n) is 1.96. The minimum atomic E-state index is -0.236. The van der Waals surface area contributed by atoms with E-state index in [1.54, 1.807) is 0 Å². The van der Waals surface area contributed by atoms with Gasteiger partial charge in [-0.25, -0.2) is 4.39 Å². The number of fused-ring (bicyclic) bond motifs is 1. The molecule has 4 heteroatoms. The van der Waals surface area contributed by atoms with E-state index in [0.29, 0.717) is 16.6 Å². The van der Waals surface area contributed by atoms with Crippen LogP contribution in [-0.2, 0) is 5.33 Å². The molecule has 13 heavy (non-hydrogen) atoms. The fourth-order valence-corrected chi connectivity index (χ4v) is 2.75. The fraction of sp³-hybridized carbons (Fsp3) is 0.111. The molecule has 2 N–H and O–H groups in total. The number of benzene rings is 1. The standard InChI is InChI=1S/C9H7BrFNS/c10-4-6-5-1-2-13-9(5)8(12)3-7(6)11/h1-3H,4,12H2. The SMILES string of the molecule is Nc1cc(F)c(CBr)c2ccsc12. The van der Waals surface area contributed by atoms with E-state index in [9.17, 15) is 4.39 Å². The van der Waals surface area contributed by atoms with Crippen LogP contribution in [0.5, 0.6) is 0 Å². The molecule has 2 rings (SSSR count). The Morgan fingerprint density at radius 1 is 1.54 bits per heavy atom. The molecule has 2 aromatic rings. The molecule has 1 aromatic carbocycles. The lowest BCUT2D eigenvalue weighted by atomic mass is 10.1. The first-order chi connectivity index (χ1) is 6.24. The van der Waals surface area contributed by atoms with Crippen LogP contribution >= 0.6 is 27.3 Å². The van der Waals surface area contributed by atoms with Gasteiger partial charge in [-0.1, -0.05) is 15.9 Å². The van der Waals surface area contributed by atoms with Crippen LogP contribution in [0.3, 0.4) is 0 Å². The monoisotopic (exact) mass is 259 g/mol. The zero-order chi connectivity index (χ0) is 9.42. The average molecular weight is 260 g/mol. The Hall–Kier alpha value is -0.610. The largest absolute Gasteiger partial charge is 0.397 e. The summed E-state index contributed by atoms with van der Waals surface area (Å²) in [6.07, 6.45) is 0. The summed E-state index contributed by atoms with van der Waals surface area (Å²) in [5, 5.41) is 3.36. The normalized spacial score (nSPS) is 10.9. The predicted octanol–water partition coefficient (Wildman–Crippen LogP) is 3.52. The Labute approximate surface area is 87.5 Å². The van der Waals surface area contributed by atoms with Gasteiger partial charge < -0.3 is 5.73 Å². The Morgan fingerprint density at radius 2 is 2.31 bits per heavy atom. The second-order valence-electron chi connectivity index (χ2n) is 2.72. The third-order valence-corrected chi connectivity index (χ3v) is 3.48. The first-order valence-electron chi connectivity index (χ1n) is 3.74. The van der Waals surface area contributed by atoms with Crippen molar-refractivity contribution in [1.82, 2.24) is 0 Å². The highest BCUT2D eigenvalue weighted by molar-refractivity contribution is 9.08. The fourth-order valence-electron chi connectivity index (χ4n) is 1.32. The molecule has 0 aliphatic carbocycles. The minimum Gasteiger partial charge on any atom is -0.397 e. The second kappa shape index (κ2) is 3.27. The lowest BCUT2D eigenvalue weighted by molar-refractivity contribution is 0.621. The average Bonchev–Trinajstić information content (AvgIpc) is 2.53. The summed E-state index contributed by atoms with van der Waals surface area (Å²) in [5.74, 6) is -0.236. The number of thiophene rings is 1. The molecule has 0 saturated heterocycles. The highest BCUT2D eigenvalue weighted by Crippen LogP contribution is 2.32. The van der Waals surface area contributed by atoms with Crippen LogP contribution < -0.4 is 5.73 Å². The maximum atomic E-state index is 13.4. The molecule has 68 valence electrons. The molecule has 0 fully saturated rings. The van der Waals surface area contributed by atoms with Crippen molar-refractivity contribution in [2.75, 3.05) is 5.73 Å². The summed E-state index contributed by atoms with van der Waals surface area (Å²) < 4.78 is 14.3. The van der Waals surface area contributed by atoms with Crippen molar-refractivity contribution in [2.45, 2.75) is 5.33 Å². The summed E-state index contributed by atoms with van der Waals surface area (Å²) in [6.45, 7) is 0. The van der Waals surface area contributed by atoms with E-state index in [0.717, 1.165) is 10.1 Å². The predicted molar refractivity (Wildman–Crippen MR) is 58.8 cm³/mol. The van der Waals surface area contributed by atoms with Gasteiger partial charge in [0, 0.05) is 16.3 Å². The van der Waals surface area contributed by atoms with Gasteiger partial charge in [0.25, 0.3) is 0 Å². The summed E-state index contributed by atoms with van der Waals surface area (Å²) >= 11 is 4.80. The molecule has 1 nitrogen and oxygen atoms in total. The number of anilines is 1. The van der Waals surface area contributed by atoms with Crippen LogP contribution in [0.15, 0.2) is 17.5 Å². The number of nitrogen functional groups attached to an aromatic ring is 1. The zero-order valence-corrected chi connectivity index (χ0v) is 9.08. The van der Waals surface area contributed by atoms with Crippen LogP contribution in [0.25, 0.3) is 10.1 Å². The molecule has 1 heterocycles. The van der Waals surface area contributed by atoms with Crippen molar-refractivity contribution >= 4 is 43.0 Å². The summed E-state index contributed by atoms with van der Waals surface area (Å²) in [4.78, 5) is 0. The molecule has 1 aromatic heterocycles. The zero-order valence-electron chi connectivity index (χ0n) is 6.68. The van der Waals surface area contributed by atoms with Crippen LogP contribution in [0.2, 0.25) is 0 Å². The van der Waals surface area contributed by atoms with E-state index in [4.69, 9.17) is 5.73 Å². The minimum absolute atomic E-state index is 0.236. The van der Waals surface area contributed by atoms with E-state index in [-0.39, 0.29) is 5.82 Å². The van der Waals surface area contributed by atoms with Crippen LogP contribution in [-0.4, -0.2) is 0 Å². The summed E-state index contributed by atoms with van der Waals surface area (Å²) in [6, 6.07) is 3.28. The van der Waals surface area contributed by atoms with Crippen LogP contribution in [0.1, 0.15) is 5.56 Å². The molecule has 0 unspecified atom stereocenters. The van der Waals surface area contributed by atoms with Gasteiger partial charge in [-0.2, -0.15) is 0 Å². The lowest BCUT2D eigenvalue weighted by Gasteiger charge is -2.03. The van der Waals surface area contributed by atoms with Crippen molar-refractivity contribution in [3.8, 4) is 0 Å². The van der Waals surface area contributed by atoms with E-state index in [1.807, 2.05) is 11.4 Å². The Bertz CT molecular complexity index is 452. The topological polar surface area (TPSA) is 26.0 Å². The Kier molecular flexibility index (Phi) is 2.26. The molecule has 0 radical (unpaired) electrons. The van der Waals surface area contributed by atoms with Crippen molar-refractivity contribution in [2.24, 2.45) is 0 Å². The summed E-state index contributed by atoms with van der Waals surface area (Å²) in [7, 11) is 0. The van der Waals surface area contributed by atoms with Gasteiger partial charge in [0.15, 0.2) is 0 Å². The van der Waals surface area contributed by atoms with Crippen molar-refractivity contribution in [3.63, 3.8) is 0 Å². The maximum Gasteiger partial charge on any atom is 0.129 e. The van der Waals surface area contributed by atoms with E-state index in [2.05, 4.69) is 15.9 Å². The van der Waals surface area contributed by atoms with Crippen LogP contribution in [0, 0.1) is 5.82 Å². The highest BCUT2D eigenvalue weighted by Gasteiger charge is 2.10. The van der Waals surface area contributed by atoms with Crippen LogP contribution in [0.4, 0.5) is 10.1 Å². The number of rotatable bonds is 1. The van der Waals surface area contributed by atoms with E-state index < -0.39 is 0 Å². The van der Waals surface area contributed by atoms with E-state index >= 15 is 0 Å². The number of alkyl halides is 1. The number of hydrogen-bond acceptors (Lipinski definition) is 2. The van der Waals surface area contributed by atoms with Gasteiger partial charge in [0.2, 0.25) is 0 Å². The Morgan fingerprint density at radius 3 is 3.00 bits per heavy atom. The second-order valence-corrected chi connectivity index (χ2v) is 4.20. The van der Waals surface area contributed by atoms with Crippen molar-refractivity contribution < 1.29 is 4.39 Å². The Balaban J connectivity index is 2.88. The van der Waals surface area contributed by atoms with Gasteiger partial charge in [-0.05, 0) is 17.5 Å². The smallest absolute Gasteiger partial charge is 0.129 e. The molecule has 0 aliphatic rings. The van der Waals surface area contributed by atoms with Gasteiger partial charge >= 0.3 is 0 Å². The molecule has 0 bridgehead atoms. The number of hydrogen-bond donors (Lipinski definition) is 1. The summed E-state index contributed by atoms with van der Waals surface area (Å²) in [5.41, 5.74) is 6.89. The first-order valence-corrected chi connectivity index (χ1v) is 5.74. The molecular formula is C9H7BrFNS. The highest BCUT2D eigenvalue weighted by atomic mass is 79.9. The first kappa shape index (κ1) is 8.97. The van der Waals surface area contributed by atoms with Gasteiger partial charge in [0.1, 0.15) is 5.82 Å². The lowest BCUT2D eigenvalue weighted by Crippen LogP contribution is -1.92. The number of halogens is 2. The molecule has 0 saturated carbocycles. The molecule has 0 amide bonds. The van der Waals surface area contributed by atoms with E-state index in [1.165, 1.54) is 17.4 Å². The van der Waals surface area contributed by atoms with Gasteiger partial charge in [-0.3, -0.25) is 0 Å². The maximum absolute atomic E-state index is 13.4. The van der Waals surface area contributed by atoms with Gasteiger partial charge in [-0.15, -0.1) is 11.3 Å².